The van der Waals surface area contributed by atoms with Crippen LogP contribution in [0.25, 0.3) is 5.57 Å². The summed E-state index contributed by atoms with van der Waals surface area (Å²) in [5, 5.41) is 12.0. The molecule has 166 valence electrons. The van der Waals surface area contributed by atoms with Crippen molar-refractivity contribution in [3.05, 3.63) is 65.4 Å². The van der Waals surface area contributed by atoms with E-state index in [2.05, 4.69) is 45.0 Å². The molecule has 1 fully saturated rings. The average Bonchev–Trinajstić information content (AvgIpc) is 3.30. The van der Waals surface area contributed by atoms with Crippen LogP contribution in [0.5, 0.6) is 0 Å². The lowest BCUT2D eigenvalue weighted by Gasteiger charge is -2.32. The number of allylic oxidation sites excluding steroid dienone is 2. The third-order valence-electron chi connectivity index (χ3n) is 6.33. The summed E-state index contributed by atoms with van der Waals surface area (Å²) in [4.78, 5) is 21.9. The molecule has 7 nitrogen and oxygen atoms in total. The van der Waals surface area contributed by atoms with Crippen LogP contribution < -0.4 is 11.1 Å². The summed E-state index contributed by atoms with van der Waals surface area (Å²) in [6, 6.07) is 8.37. The molecular weight excluding hydrogens is 400 g/mol. The summed E-state index contributed by atoms with van der Waals surface area (Å²) in [6.07, 6.45) is 10.3. The van der Waals surface area contributed by atoms with Gasteiger partial charge in [-0.25, -0.2) is 4.98 Å². The van der Waals surface area contributed by atoms with Crippen LogP contribution in [-0.2, 0) is 0 Å². The lowest BCUT2D eigenvalue weighted by atomic mass is 9.85. The van der Waals surface area contributed by atoms with Gasteiger partial charge in [-0.1, -0.05) is 18.7 Å². The van der Waals surface area contributed by atoms with Crippen molar-refractivity contribution in [2.75, 3.05) is 25.0 Å². The number of nitrogens with two attached hydrogens (primary N) is 1. The van der Waals surface area contributed by atoms with Crippen molar-refractivity contribution in [3.8, 4) is 6.07 Å². The van der Waals surface area contributed by atoms with E-state index in [0.29, 0.717) is 11.6 Å². The molecule has 0 spiro atoms. The van der Waals surface area contributed by atoms with Gasteiger partial charge in [0, 0.05) is 23.5 Å². The molecule has 7 heteroatoms. The molecular formula is C25H30N6O. The van der Waals surface area contributed by atoms with Crippen LogP contribution in [0.3, 0.4) is 0 Å². The highest BCUT2D eigenvalue weighted by molar-refractivity contribution is 6.03. The fraction of sp³-hybridized carbons (Fsp3) is 0.400. The van der Waals surface area contributed by atoms with Gasteiger partial charge in [0.25, 0.3) is 5.91 Å². The quantitative estimate of drug-likeness (QED) is 0.638. The van der Waals surface area contributed by atoms with Crippen LogP contribution in [0, 0.1) is 11.3 Å². The molecule has 1 aliphatic heterocycles. The number of likely N-dealkylation sites (tertiary alicyclic amines) is 1. The maximum absolute atomic E-state index is 12.7. The zero-order valence-corrected chi connectivity index (χ0v) is 18.4. The normalized spacial score (nSPS) is 17.4. The molecule has 0 atom stereocenters. The molecule has 1 aliphatic carbocycles. The minimum absolute atomic E-state index is 0.142. The highest BCUT2D eigenvalue weighted by Gasteiger charge is 2.23. The summed E-state index contributed by atoms with van der Waals surface area (Å²) in [5.74, 6) is 0.295. The molecule has 0 radical (unpaired) electrons. The monoisotopic (exact) mass is 430 g/mol. The molecule has 2 aliphatic rings. The van der Waals surface area contributed by atoms with E-state index in [4.69, 9.17) is 11.0 Å². The van der Waals surface area contributed by atoms with Crippen molar-refractivity contribution >= 4 is 17.2 Å². The highest BCUT2D eigenvalue weighted by Crippen LogP contribution is 2.36. The van der Waals surface area contributed by atoms with Crippen LogP contribution >= 0.6 is 0 Å². The van der Waals surface area contributed by atoms with Gasteiger partial charge >= 0.3 is 0 Å². The number of carbonyl (C=O) groups is 1. The SMILES string of the molecule is C=C(N)CN1CCC(c2ccc(NC(=O)c3ncc(C#N)[nH]3)c(C3=CCCCC3)c2)CC1. The van der Waals surface area contributed by atoms with E-state index in [0.717, 1.165) is 63.0 Å². The number of piperidine rings is 1. The van der Waals surface area contributed by atoms with Crippen molar-refractivity contribution in [2.24, 2.45) is 5.73 Å². The zero-order valence-electron chi connectivity index (χ0n) is 18.4. The first-order valence-corrected chi connectivity index (χ1v) is 11.3. The van der Waals surface area contributed by atoms with Gasteiger partial charge in [-0.15, -0.1) is 0 Å². The van der Waals surface area contributed by atoms with Crippen LogP contribution in [-0.4, -0.2) is 40.4 Å². The zero-order chi connectivity index (χ0) is 22.5. The number of aromatic nitrogens is 2. The Balaban J connectivity index is 1.56. The third kappa shape index (κ3) is 5.09. The standard InChI is InChI=1S/C25H30N6O/c1-17(27)16-31-11-9-18(10-12-31)20-7-8-23(22(13-20)19-5-3-2-4-6-19)30-25(32)24-28-15-21(14-26)29-24/h5,7-8,13,15,18H,1-4,6,9-12,16,27H2,(H,28,29)(H,30,32). The number of amides is 1. The molecule has 0 bridgehead atoms. The Morgan fingerprint density at radius 2 is 2.16 bits per heavy atom. The lowest BCUT2D eigenvalue weighted by Crippen LogP contribution is -2.35. The van der Waals surface area contributed by atoms with Gasteiger partial charge in [-0.2, -0.15) is 5.26 Å². The Kier molecular flexibility index (Phi) is 6.72. The molecule has 4 rings (SSSR count). The summed E-state index contributed by atoms with van der Waals surface area (Å²) in [5.41, 5.74) is 11.3. The van der Waals surface area contributed by atoms with Gasteiger partial charge in [0.1, 0.15) is 11.8 Å². The number of rotatable bonds is 6. The maximum Gasteiger partial charge on any atom is 0.291 e. The van der Waals surface area contributed by atoms with E-state index in [-0.39, 0.29) is 17.4 Å². The van der Waals surface area contributed by atoms with E-state index >= 15 is 0 Å². The number of benzene rings is 1. The molecule has 32 heavy (non-hydrogen) atoms. The predicted octanol–water partition coefficient (Wildman–Crippen LogP) is 4.14. The van der Waals surface area contributed by atoms with Crippen LogP contribution in [0.1, 0.15) is 71.9 Å². The molecule has 1 aromatic carbocycles. The number of nitriles is 1. The fourth-order valence-electron chi connectivity index (χ4n) is 4.66. The first-order valence-electron chi connectivity index (χ1n) is 11.3. The molecule has 4 N–H and O–H groups in total. The van der Waals surface area contributed by atoms with E-state index in [1.54, 1.807) is 0 Å². The van der Waals surface area contributed by atoms with Gasteiger partial charge in [0.05, 0.1) is 6.20 Å². The van der Waals surface area contributed by atoms with Crippen molar-refractivity contribution < 1.29 is 4.79 Å². The number of carbonyl (C=O) groups excluding carboxylic acids is 1. The molecule has 1 aromatic heterocycles. The van der Waals surface area contributed by atoms with Gasteiger partial charge in [-0.3, -0.25) is 9.69 Å². The minimum Gasteiger partial charge on any atom is -0.401 e. The topological polar surface area (TPSA) is 111 Å². The summed E-state index contributed by atoms with van der Waals surface area (Å²) in [6.45, 7) is 6.61. The van der Waals surface area contributed by atoms with Crippen molar-refractivity contribution in [1.82, 2.24) is 14.9 Å². The van der Waals surface area contributed by atoms with Crippen molar-refractivity contribution in [2.45, 2.75) is 44.4 Å². The first kappa shape index (κ1) is 21.8. The van der Waals surface area contributed by atoms with Gasteiger partial charge in [-0.05, 0) is 80.8 Å². The summed E-state index contributed by atoms with van der Waals surface area (Å²) in [7, 11) is 0. The third-order valence-corrected chi connectivity index (χ3v) is 6.33. The number of hydrogen-bond acceptors (Lipinski definition) is 5. The number of nitrogens with zero attached hydrogens (tertiary/aromatic N) is 3. The van der Waals surface area contributed by atoms with Crippen LogP contribution in [0.2, 0.25) is 0 Å². The number of anilines is 1. The van der Waals surface area contributed by atoms with Gasteiger partial charge < -0.3 is 16.0 Å². The van der Waals surface area contributed by atoms with Crippen LogP contribution in [0.15, 0.2) is 42.7 Å². The number of hydrogen-bond donors (Lipinski definition) is 3. The summed E-state index contributed by atoms with van der Waals surface area (Å²) < 4.78 is 0. The molecule has 0 unspecified atom stereocenters. The Morgan fingerprint density at radius 3 is 2.81 bits per heavy atom. The molecule has 0 saturated carbocycles. The number of H-pyrrole nitrogens is 1. The van der Waals surface area contributed by atoms with E-state index in [1.165, 1.54) is 23.8 Å². The van der Waals surface area contributed by atoms with E-state index in [1.807, 2.05) is 12.1 Å². The molecule has 1 amide bonds. The molecule has 1 saturated heterocycles. The second-order valence-electron chi connectivity index (χ2n) is 8.70. The largest absolute Gasteiger partial charge is 0.401 e. The van der Waals surface area contributed by atoms with Gasteiger partial charge in [0.15, 0.2) is 5.82 Å². The molecule has 2 aromatic rings. The van der Waals surface area contributed by atoms with Gasteiger partial charge in [0.2, 0.25) is 0 Å². The lowest BCUT2D eigenvalue weighted by molar-refractivity contribution is 0.101. The molecule has 2 heterocycles. The Morgan fingerprint density at radius 1 is 1.34 bits per heavy atom. The smallest absolute Gasteiger partial charge is 0.291 e. The second kappa shape index (κ2) is 9.84. The van der Waals surface area contributed by atoms with Crippen molar-refractivity contribution in [3.63, 3.8) is 0 Å². The van der Waals surface area contributed by atoms with E-state index < -0.39 is 0 Å². The van der Waals surface area contributed by atoms with Crippen molar-refractivity contribution in [1.29, 1.82) is 5.26 Å². The summed E-state index contributed by atoms with van der Waals surface area (Å²) >= 11 is 0. The predicted molar refractivity (Wildman–Crippen MR) is 126 cm³/mol. The number of imidazole rings is 1. The average molecular weight is 431 g/mol. The van der Waals surface area contributed by atoms with E-state index in [9.17, 15) is 4.79 Å². The Bertz CT molecular complexity index is 1070. The fourth-order valence-corrected chi connectivity index (χ4v) is 4.66. The Hall–Kier alpha value is -3.37. The minimum atomic E-state index is -0.341. The maximum atomic E-state index is 12.7. The highest BCUT2D eigenvalue weighted by atomic mass is 16.2. The second-order valence-corrected chi connectivity index (χ2v) is 8.70. The Labute approximate surface area is 189 Å². The van der Waals surface area contributed by atoms with Crippen LogP contribution in [0.4, 0.5) is 5.69 Å². The number of nitrogens with one attached hydrogen (secondary N) is 2. The first-order chi connectivity index (χ1) is 15.5. The number of aromatic amines is 1.